The van der Waals surface area contributed by atoms with Crippen molar-refractivity contribution in [3.63, 3.8) is 0 Å². The highest BCUT2D eigenvalue weighted by Gasteiger charge is 2.16. The average Bonchev–Trinajstić information content (AvgIpc) is 2.52. The molecule has 0 aliphatic carbocycles. The molecule has 2 aromatic rings. The molecule has 1 atom stereocenters. The molecule has 108 valence electrons. The molecule has 0 bridgehead atoms. The fourth-order valence-corrected chi connectivity index (χ4v) is 2.63. The maximum absolute atomic E-state index is 9.34. The second-order valence-corrected chi connectivity index (χ2v) is 5.64. The van der Waals surface area contributed by atoms with Gasteiger partial charge in [-0.15, -0.1) is 11.6 Å². The van der Waals surface area contributed by atoms with E-state index in [4.69, 9.17) is 23.2 Å². The van der Waals surface area contributed by atoms with Gasteiger partial charge in [-0.25, -0.2) is 0 Å². The Balaban J connectivity index is 2.35. The number of halogens is 2. The van der Waals surface area contributed by atoms with Crippen LogP contribution in [0, 0.1) is 11.3 Å². The van der Waals surface area contributed by atoms with E-state index < -0.39 is 0 Å². The van der Waals surface area contributed by atoms with Crippen molar-refractivity contribution in [1.82, 2.24) is 0 Å². The van der Waals surface area contributed by atoms with E-state index in [0.717, 1.165) is 16.8 Å². The third-order valence-corrected chi connectivity index (χ3v) is 4.17. The number of anilines is 1. The molecule has 0 radical (unpaired) electrons. The number of hydrogen-bond acceptors (Lipinski definition) is 2. The van der Waals surface area contributed by atoms with Crippen LogP contribution in [0.15, 0.2) is 42.5 Å². The van der Waals surface area contributed by atoms with E-state index in [1.54, 1.807) is 0 Å². The second-order valence-electron chi connectivity index (χ2n) is 4.94. The molecule has 0 N–H and O–H groups in total. The lowest BCUT2D eigenvalue weighted by Gasteiger charge is -2.28. The molecule has 21 heavy (non-hydrogen) atoms. The summed E-state index contributed by atoms with van der Waals surface area (Å²) in [6.45, 7) is 2.09. The highest BCUT2D eigenvalue weighted by molar-refractivity contribution is 6.30. The third kappa shape index (κ3) is 3.50. The van der Waals surface area contributed by atoms with Crippen molar-refractivity contribution in [3.05, 3.63) is 64.2 Å². The van der Waals surface area contributed by atoms with Crippen LogP contribution in [0.25, 0.3) is 0 Å². The molecule has 4 heteroatoms. The Morgan fingerprint density at radius 3 is 2.62 bits per heavy atom. The van der Waals surface area contributed by atoms with Gasteiger partial charge >= 0.3 is 0 Å². The van der Waals surface area contributed by atoms with E-state index in [-0.39, 0.29) is 6.04 Å². The summed E-state index contributed by atoms with van der Waals surface area (Å²) in [7, 11) is 1.97. The van der Waals surface area contributed by atoms with Crippen LogP contribution in [0.2, 0.25) is 5.02 Å². The Hall–Kier alpha value is -1.69. The molecular formula is C17H16Cl2N2. The van der Waals surface area contributed by atoms with E-state index in [1.165, 1.54) is 0 Å². The van der Waals surface area contributed by atoms with Gasteiger partial charge in [0.2, 0.25) is 0 Å². The average molecular weight is 319 g/mol. The first-order valence-electron chi connectivity index (χ1n) is 6.64. The van der Waals surface area contributed by atoms with Crippen LogP contribution in [-0.4, -0.2) is 7.05 Å². The maximum atomic E-state index is 9.34. The minimum Gasteiger partial charge on any atom is -0.367 e. The molecule has 0 aliphatic rings. The van der Waals surface area contributed by atoms with Crippen molar-refractivity contribution >= 4 is 28.9 Å². The largest absolute Gasteiger partial charge is 0.367 e. The van der Waals surface area contributed by atoms with Crippen molar-refractivity contribution in [1.29, 1.82) is 5.26 Å². The van der Waals surface area contributed by atoms with Crippen LogP contribution in [0.5, 0.6) is 0 Å². The Bertz CT molecular complexity index is 677. The van der Waals surface area contributed by atoms with Gasteiger partial charge in [0.25, 0.3) is 0 Å². The normalized spacial score (nSPS) is 11.8. The molecule has 0 amide bonds. The lowest BCUT2D eigenvalue weighted by molar-refractivity contribution is 0.739. The van der Waals surface area contributed by atoms with Crippen LogP contribution in [0.3, 0.4) is 0 Å². The summed E-state index contributed by atoms with van der Waals surface area (Å²) in [4.78, 5) is 2.07. The van der Waals surface area contributed by atoms with E-state index in [2.05, 4.69) is 17.9 Å². The predicted octanol–water partition coefficient (Wildman–Crippen LogP) is 5.15. The minimum absolute atomic E-state index is 0.109. The lowest BCUT2D eigenvalue weighted by Crippen LogP contribution is -2.22. The second kappa shape index (κ2) is 6.85. The van der Waals surface area contributed by atoms with E-state index in [1.807, 2.05) is 49.5 Å². The molecule has 0 fully saturated rings. The molecular weight excluding hydrogens is 303 g/mol. The van der Waals surface area contributed by atoms with Crippen LogP contribution in [0.4, 0.5) is 5.69 Å². The summed E-state index contributed by atoms with van der Waals surface area (Å²) in [5, 5.41) is 10.1. The maximum Gasteiger partial charge on any atom is 0.101 e. The molecule has 0 aromatic heterocycles. The number of alkyl halides is 1. The van der Waals surface area contributed by atoms with Gasteiger partial charge in [-0.3, -0.25) is 0 Å². The summed E-state index contributed by atoms with van der Waals surface area (Å²) in [5.41, 5.74) is 3.57. The molecule has 0 heterocycles. The molecule has 1 unspecified atom stereocenters. The minimum atomic E-state index is 0.109. The highest BCUT2D eigenvalue weighted by atomic mass is 35.5. The molecule has 0 aliphatic heterocycles. The van der Waals surface area contributed by atoms with Crippen LogP contribution >= 0.6 is 23.2 Å². The molecule has 0 saturated carbocycles. The van der Waals surface area contributed by atoms with Crippen LogP contribution in [-0.2, 0) is 5.88 Å². The topological polar surface area (TPSA) is 27.0 Å². The number of benzene rings is 2. The fourth-order valence-electron chi connectivity index (χ4n) is 2.26. The quantitative estimate of drug-likeness (QED) is 0.729. The molecule has 0 saturated heterocycles. The summed E-state index contributed by atoms with van der Waals surface area (Å²) in [5.74, 6) is 0.405. The van der Waals surface area contributed by atoms with Gasteiger partial charge in [-0.1, -0.05) is 29.8 Å². The van der Waals surface area contributed by atoms with Crippen LogP contribution in [0.1, 0.15) is 29.7 Å². The van der Waals surface area contributed by atoms with Gasteiger partial charge in [0, 0.05) is 18.0 Å². The van der Waals surface area contributed by atoms with Crippen molar-refractivity contribution in [2.24, 2.45) is 0 Å². The predicted molar refractivity (Wildman–Crippen MR) is 89.0 cm³/mol. The Morgan fingerprint density at radius 1 is 1.24 bits per heavy atom. The van der Waals surface area contributed by atoms with Crippen molar-refractivity contribution in [3.8, 4) is 6.07 Å². The van der Waals surface area contributed by atoms with Gasteiger partial charge in [-0.05, 0) is 42.3 Å². The van der Waals surface area contributed by atoms with Gasteiger partial charge in [-0.2, -0.15) is 5.26 Å². The summed E-state index contributed by atoms with van der Waals surface area (Å²) in [6.07, 6.45) is 0. The molecule has 2 aromatic carbocycles. The number of rotatable bonds is 4. The first-order chi connectivity index (χ1) is 10.1. The molecule has 2 rings (SSSR count). The lowest BCUT2D eigenvalue weighted by atomic mass is 10.0. The van der Waals surface area contributed by atoms with E-state index in [0.29, 0.717) is 16.5 Å². The van der Waals surface area contributed by atoms with Crippen molar-refractivity contribution in [2.75, 3.05) is 11.9 Å². The van der Waals surface area contributed by atoms with Crippen molar-refractivity contribution in [2.45, 2.75) is 18.8 Å². The fraction of sp³-hybridized carbons (Fsp3) is 0.235. The third-order valence-electron chi connectivity index (χ3n) is 3.63. The van der Waals surface area contributed by atoms with Gasteiger partial charge in [0.15, 0.2) is 0 Å². The highest BCUT2D eigenvalue weighted by Crippen LogP contribution is 2.29. The van der Waals surface area contributed by atoms with E-state index >= 15 is 0 Å². The zero-order valence-electron chi connectivity index (χ0n) is 12.0. The van der Waals surface area contributed by atoms with Gasteiger partial charge < -0.3 is 4.90 Å². The van der Waals surface area contributed by atoms with Gasteiger partial charge in [0.05, 0.1) is 17.3 Å². The number of nitriles is 1. The van der Waals surface area contributed by atoms with Crippen LogP contribution < -0.4 is 4.90 Å². The molecule has 0 spiro atoms. The summed E-state index contributed by atoms with van der Waals surface area (Å²) >= 11 is 11.9. The summed E-state index contributed by atoms with van der Waals surface area (Å²) in [6, 6.07) is 15.8. The standard InChI is InChI=1S/C17H16Cl2N2/c1-12(14-4-3-5-16(19)9-14)21(2)17-7-6-13(10-18)8-15(17)11-20/h3-9,12H,10H2,1-2H3. The summed E-state index contributed by atoms with van der Waals surface area (Å²) < 4.78 is 0. The number of hydrogen-bond donors (Lipinski definition) is 0. The van der Waals surface area contributed by atoms with Crippen molar-refractivity contribution < 1.29 is 0 Å². The van der Waals surface area contributed by atoms with Gasteiger partial charge in [0.1, 0.15) is 6.07 Å². The molecule has 2 nitrogen and oxygen atoms in total. The SMILES string of the molecule is CC(c1cccc(Cl)c1)N(C)c1ccc(CCl)cc1C#N. The Morgan fingerprint density at radius 2 is 2.00 bits per heavy atom. The Labute approximate surface area is 135 Å². The Kier molecular flexibility index (Phi) is 5.12. The zero-order valence-corrected chi connectivity index (χ0v) is 13.5. The smallest absolute Gasteiger partial charge is 0.101 e. The van der Waals surface area contributed by atoms with E-state index in [9.17, 15) is 5.26 Å². The first-order valence-corrected chi connectivity index (χ1v) is 7.55. The first kappa shape index (κ1) is 15.7. The monoisotopic (exact) mass is 318 g/mol. The number of nitrogens with zero attached hydrogens (tertiary/aromatic N) is 2. The zero-order chi connectivity index (χ0) is 15.4.